The highest BCUT2D eigenvalue weighted by Gasteiger charge is 2.19. The highest BCUT2D eigenvalue weighted by atomic mass is 15.1. The van der Waals surface area contributed by atoms with Gasteiger partial charge in [0, 0.05) is 29.2 Å². The lowest BCUT2D eigenvalue weighted by atomic mass is 9.99. The number of fused-ring (bicyclic) bond motifs is 1. The van der Waals surface area contributed by atoms with E-state index in [1.54, 1.807) is 0 Å². The molecule has 0 aliphatic heterocycles. The third kappa shape index (κ3) is 2.51. The minimum atomic E-state index is 0.205. The molecule has 3 nitrogen and oxygen atoms in total. The minimum absolute atomic E-state index is 0.205. The SMILES string of the molecule is CC(N)CC(c1c[nH]c2ccccc12)N(C)C. The van der Waals surface area contributed by atoms with Gasteiger partial charge in [0.2, 0.25) is 0 Å². The lowest BCUT2D eigenvalue weighted by molar-refractivity contribution is 0.274. The van der Waals surface area contributed by atoms with Crippen LogP contribution in [0.4, 0.5) is 0 Å². The maximum absolute atomic E-state index is 5.94. The standard InChI is InChI=1S/C14H21N3/c1-10(15)8-14(17(2)3)12-9-16-13-7-5-4-6-11(12)13/h4-7,9-10,14,16H,8,15H2,1-3H3. The van der Waals surface area contributed by atoms with Crippen LogP contribution >= 0.6 is 0 Å². The molecule has 3 N–H and O–H groups in total. The molecule has 17 heavy (non-hydrogen) atoms. The van der Waals surface area contributed by atoms with Gasteiger partial charge in [-0.1, -0.05) is 18.2 Å². The van der Waals surface area contributed by atoms with Crippen molar-refractivity contribution in [2.24, 2.45) is 5.73 Å². The van der Waals surface area contributed by atoms with Crippen molar-refractivity contribution in [2.75, 3.05) is 14.1 Å². The van der Waals surface area contributed by atoms with Crippen LogP contribution in [0.1, 0.15) is 24.9 Å². The molecule has 0 fully saturated rings. The summed E-state index contributed by atoms with van der Waals surface area (Å²) in [5.74, 6) is 0. The second-order valence-corrected chi connectivity index (χ2v) is 4.98. The third-order valence-corrected chi connectivity index (χ3v) is 3.20. The normalized spacial score (nSPS) is 15.4. The number of nitrogens with zero attached hydrogens (tertiary/aromatic N) is 1. The molecule has 2 unspecified atom stereocenters. The number of nitrogens with two attached hydrogens (primary N) is 1. The highest BCUT2D eigenvalue weighted by molar-refractivity contribution is 5.83. The first kappa shape index (κ1) is 12.1. The van der Waals surface area contributed by atoms with Crippen molar-refractivity contribution >= 4 is 10.9 Å². The van der Waals surface area contributed by atoms with Gasteiger partial charge in [-0.15, -0.1) is 0 Å². The van der Waals surface area contributed by atoms with Gasteiger partial charge in [0.05, 0.1) is 0 Å². The van der Waals surface area contributed by atoms with Gasteiger partial charge in [0.15, 0.2) is 0 Å². The molecule has 0 bridgehead atoms. The van der Waals surface area contributed by atoms with Gasteiger partial charge in [-0.05, 0) is 39.1 Å². The molecule has 0 aliphatic rings. The number of nitrogens with one attached hydrogen (secondary N) is 1. The summed E-state index contributed by atoms with van der Waals surface area (Å²) in [6, 6.07) is 8.98. The van der Waals surface area contributed by atoms with Crippen molar-refractivity contribution in [2.45, 2.75) is 25.4 Å². The van der Waals surface area contributed by atoms with E-state index in [2.05, 4.69) is 61.4 Å². The van der Waals surface area contributed by atoms with Crippen molar-refractivity contribution in [3.8, 4) is 0 Å². The van der Waals surface area contributed by atoms with Crippen LogP contribution in [0.25, 0.3) is 10.9 Å². The highest BCUT2D eigenvalue weighted by Crippen LogP contribution is 2.29. The fraction of sp³-hybridized carbons (Fsp3) is 0.429. The largest absolute Gasteiger partial charge is 0.361 e. The van der Waals surface area contributed by atoms with Crippen LogP contribution in [0.15, 0.2) is 30.5 Å². The summed E-state index contributed by atoms with van der Waals surface area (Å²) in [7, 11) is 4.21. The molecule has 92 valence electrons. The molecule has 3 heteroatoms. The van der Waals surface area contributed by atoms with Gasteiger partial charge in [-0.25, -0.2) is 0 Å². The molecule has 0 saturated heterocycles. The topological polar surface area (TPSA) is 45.1 Å². The van der Waals surface area contributed by atoms with E-state index in [0.29, 0.717) is 6.04 Å². The van der Waals surface area contributed by atoms with Crippen LogP contribution in [0.2, 0.25) is 0 Å². The molecule has 0 saturated carbocycles. The molecule has 1 aromatic carbocycles. The van der Waals surface area contributed by atoms with Crippen molar-refractivity contribution in [1.82, 2.24) is 9.88 Å². The number of aromatic nitrogens is 1. The average Bonchev–Trinajstić information content (AvgIpc) is 2.69. The van der Waals surface area contributed by atoms with E-state index in [0.717, 1.165) is 6.42 Å². The summed E-state index contributed by atoms with van der Waals surface area (Å²) in [5, 5.41) is 1.30. The quantitative estimate of drug-likeness (QED) is 0.849. The Morgan fingerprint density at radius 2 is 2.00 bits per heavy atom. The zero-order valence-corrected chi connectivity index (χ0v) is 10.8. The first-order chi connectivity index (χ1) is 8.09. The van der Waals surface area contributed by atoms with Crippen molar-refractivity contribution in [3.63, 3.8) is 0 Å². The summed E-state index contributed by atoms with van der Waals surface area (Å²) in [5.41, 5.74) is 8.47. The zero-order chi connectivity index (χ0) is 12.4. The van der Waals surface area contributed by atoms with Gasteiger partial charge in [0.25, 0.3) is 0 Å². The second kappa shape index (κ2) is 4.90. The predicted molar refractivity (Wildman–Crippen MR) is 73.0 cm³/mol. The first-order valence-corrected chi connectivity index (χ1v) is 6.07. The van der Waals surface area contributed by atoms with Crippen LogP contribution in [0.3, 0.4) is 0 Å². The summed E-state index contributed by atoms with van der Waals surface area (Å²) >= 11 is 0. The number of H-pyrrole nitrogens is 1. The number of benzene rings is 1. The molecule has 0 amide bonds. The van der Waals surface area contributed by atoms with Crippen LogP contribution in [-0.2, 0) is 0 Å². The van der Waals surface area contributed by atoms with E-state index in [1.165, 1.54) is 16.5 Å². The van der Waals surface area contributed by atoms with E-state index in [-0.39, 0.29) is 6.04 Å². The Bertz CT molecular complexity index is 485. The molecule has 2 aromatic rings. The number of hydrogen-bond donors (Lipinski definition) is 2. The van der Waals surface area contributed by atoms with Gasteiger partial charge in [-0.3, -0.25) is 0 Å². The van der Waals surface area contributed by atoms with Crippen LogP contribution in [0, 0.1) is 0 Å². The summed E-state index contributed by atoms with van der Waals surface area (Å²) < 4.78 is 0. The lowest BCUT2D eigenvalue weighted by Gasteiger charge is -2.25. The Morgan fingerprint density at radius 3 is 2.65 bits per heavy atom. The van der Waals surface area contributed by atoms with Crippen molar-refractivity contribution in [1.29, 1.82) is 0 Å². The molecule has 1 aromatic heterocycles. The van der Waals surface area contributed by atoms with Gasteiger partial charge in [-0.2, -0.15) is 0 Å². The Balaban J connectivity index is 2.41. The Kier molecular flexibility index (Phi) is 3.50. The average molecular weight is 231 g/mol. The van der Waals surface area contributed by atoms with Crippen LogP contribution < -0.4 is 5.73 Å². The van der Waals surface area contributed by atoms with E-state index < -0.39 is 0 Å². The third-order valence-electron chi connectivity index (χ3n) is 3.20. The fourth-order valence-electron chi connectivity index (χ4n) is 2.34. The van der Waals surface area contributed by atoms with Crippen molar-refractivity contribution in [3.05, 3.63) is 36.0 Å². The molecule has 0 radical (unpaired) electrons. The Morgan fingerprint density at radius 1 is 1.29 bits per heavy atom. The maximum atomic E-state index is 5.94. The molecule has 2 rings (SSSR count). The van der Waals surface area contributed by atoms with Gasteiger partial charge < -0.3 is 15.6 Å². The zero-order valence-electron chi connectivity index (χ0n) is 10.8. The van der Waals surface area contributed by atoms with Gasteiger partial charge in [0.1, 0.15) is 0 Å². The number of aromatic amines is 1. The van der Waals surface area contributed by atoms with E-state index in [9.17, 15) is 0 Å². The van der Waals surface area contributed by atoms with Crippen LogP contribution in [0.5, 0.6) is 0 Å². The Hall–Kier alpha value is -1.32. The predicted octanol–water partition coefficient (Wildman–Crippen LogP) is 2.51. The number of rotatable bonds is 4. The maximum Gasteiger partial charge on any atom is 0.0457 e. The second-order valence-electron chi connectivity index (χ2n) is 4.98. The lowest BCUT2D eigenvalue weighted by Crippen LogP contribution is -2.27. The molecular formula is C14H21N3. The van der Waals surface area contributed by atoms with Crippen LogP contribution in [-0.4, -0.2) is 30.0 Å². The molecule has 2 atom stereocenters. The first-order valence-electron chi connectivity index (χ1n) is 6.07. The smallest absolute Gasteiger partial charge is 0.0457 e. The number of para-hydroxylation sites is 1. The van der Waals surface area contributed by atoms with E-state index >= 15 is 0 Å². The molecule has 0 spiro atoms. The number of hydrogen-bond acceptors (Lipinski definition) is 2. The van der Waals surface area contributed by atoms with E-state index in [1.807, 2.05) is 0 Å². The summed E-state index contributed by atoms with van der Waals surface area (Å²) in [4.78, 5) is 5.56. The molecular weight excluding hydrogens is 210 g/mol. The summed E-state index contributed by atoms with van der Waals surface area (Å²) in [6.45, 7) is 2.06. The molecule has 1 heterocycles. The fourth-order valence-corrected chi connectivity index (χ4v) is 2.34. The Labute approximate surface area is 103 Å². The monoisotopic (exact) mass is 231 g/mol. The van der Waals surface area contributed by atoms with E-state index in [4.69, 9.17) is 5.73 Å². The molecule has 0 aliphatic carbocycles. The van der Waals surface area contributed by atoms with Crippen molar-refractivity contribution < 1.29 is 0 Å². The summed E-state index contributed by atoms with van der Waals surface area (Å²) in [6.07, 6.45) is 3.08. The minimum Gasteiger partial charge on any atom is -0.361 e. The van der Waals surface area contributed by atoms with Gasteiger partial charge >= 0.3 is 0 Å².